The number of hydrogen-bond acceptors (Lipinski definition) is 3. The Labute approximate surface area is 85.0 Å². The van der Waals surface area contributed by atoms with Crippen LogP contribution < -0.4 is 0 Å². The highest BCUT2D eigenvalue weighted by molar-refractivity contribution is 4.83. The van der Waals surface area contributed by atoms with Gasteiger partial charge in [0.05, 0.1) is 6.10 Å². The second-order valence-corrected chi connectivity index (χ2v) is 3.63. The minimum Gasteiger partial charge on any atom is -0.393 e. The average molecular weight is 197 g/mol. The minimum absolute atomic E-state index is 0.145. The van der Waals surface area contributed by atoms with Crippen LogP contribution in [0.2, 0.25) is 0 Å². The van der Waals surface area contributed by atoms with Crippen molar-refractivity contribution in [1.29, 1.82) is 0 Å². The molecular formula is C10H19N3O. The maximum atomic E-state index is 9.50. The zero-order valence-corrected chi connectivity index (χ0v) is 8.98. The molecule has 0 saturated carbocycles. The van der Waals surface area contributed by atoms with Crippen LogP contribution in [-0.4, -0.2) is 26.0 Å². The second-order valence-electron chi connectivity index (χ2n) is 3.63. The van der Waals surface area contributed by atoms with Crippen molar-refractivity contribution in [3.63, 3.8) is 0 Å². The summed E-state index contributed by atoms with van der Waals surface area (Å²) in [6, 6.07) is 0. The summed E-state index contributed by atoms with van der Waals surface area (Å²) in [7, 11) is 1.89. The number of nitrogens with zero attached hydrogens (tertiary/aromatic N) is 3. The Hall–Kier alpha value is -0.900. The molecule has 0 fully saturated rings. The van der Waals surface area contributed by atoms with Crippen LogP contribution in [-0.2, 0) is 13.5 Å². The molecule has 1 rings (SSSR count). The van der Waals surface area contributed by atoms with Crippen molar-refractivity contribution in [2.45, 2.75) is 45.1 Å². The van der Waals surface area contributed by atoms with E-state index in [0.717, 1.165) is 37.9 Å². The van der Waals surface area contributed by atoms with Crippen molar-refractivity contribution >= 4 is 0 Å². The molecule has 0 saturated heterocycles. The summed E-state index contributed by atoms with van der Waals surface area (Å²) in [4.78, 5) is 4.13. The Morgan fingerprint density at radius 1 is 1.50 bits per heavy atom. The smallest absolute Gasteiger partial charge is 0.138 e. The van der Waals surface area contributed by atoms with Crippen molar-refractivity contribution < 1.29 is 5.11 Å². The zero-order valence-electron chi connectivity index (χ0n) is 8.98. The molecule has 0 radical (unpaired) electrons. The topological polar surface area (TPSA) is 50.9 Å². The lowest BCUT2D eigenvalue weighted by Gasteiger charge is -2.07. The predicted octanol–water partition coefficient (Wildman–Crippen LogP) is 1.30. The molecule has 0 aromatic carbocycles. The third-order valence-corrected chi connectivity index (χ3v) is 2.36. The summed E-state index contributed by atoms with van der Waals surface area (Å²) in [5.74, 6) is 0.994. The summed E-state index contributed by atoms with van der Waals surface area (Å²) in [6.45, 7) is 2.09. The van der Waals surface area contributed by atoms with Gasteiger partial charge in [-0.2, -0.15) is 5.10 Å². The lowest BCUT2D eigenvalue weighted by Crippen LogP contribution is -2.07. The molecule has 0 spiro atoms. The Bertz CT molecular complexity index is 260. The molecule has 0 amide bonds. The second kappa shape index (κ2) is 5.75. The van der Waals surface area contributed by atoms with Gasteiger partial charge in [0.1, 0.15) is 12.2 Å². The van der Waals surface area contributed by atoms with Gasteiger partial charge >= 0.3 is 0 Å². The quantitative estimate of drug-likeness (QED) is 0.747. The summed E-state index contributed by atoms with van der Waals surface area (Å²) in [5, 5.41) is 13.5. The maximum absolute atomic E-state index is 9.50. The summed E-state index contributed by atoms with van der Waals surface area (Å²) < 4.78 is 1.78. The van der Waals surface area contributed by atoms with E-state index in [1.54, 1.807) is 11.0 Å². The van der Waals surface area contributed by atoms with Crippen LogP contribution in [0, 0.1) is 0 Å². The molecule has 80 valence electrons. The molecule has 1 atom stereocenters. The van der Waals surface area contributed by atoms with Crippen molar-refractivity contribution in [1.82, 2.24) is 14.8 Å². The van der Waals surface area contributed by atoms with Gasteiger partial charge in [-0.15, -0.1) is 0 Å². The SMILES string of the molecule is CCCC(O)CCCc1ncnn1C. The predicted molar refractivity (Wildman–Crippen MR) is 54.9 cm³/mol. The fourth-order valence-corrected chi connectivity index (χ4v) is 1.52. The standard InChI is InChI=1S/C10H19N3O/c1-3-5-9(14)6-4-7-10-11-8-12-13(10)2/h8-9,14H,3-7H2,1-2H3. The Morgan fingerprint density at radius 2 is 2.29 bits per heavy atom. The number of aliphatic hydroxyl groups excluding tert-OH is 1. The summed E-state index contributed by atoms with van der Waals surface area (Å²) in [6.07, 6.45) is 6.11. The van der Waals surface area contributed by atoms with Gasteiger partial charge in [0.25, 0.3) is 0 Å². The molecule has 0 bridgehead atoms. The molecular weight excluding hydrogens is 178 g/mol. The zero-order chi connectivity index (χ0) is 10.4. The van der Waals surface area contributed by atoms with Crippen molar-refractivity contribution in [3.05, 3.63) is 12.2 Å². The Morgan fingerprint density at radius 3 is 2.86 bits per heavy atom. The van der Waals surface area contributed by atoms with E-state index >= 15 is 0 Å². The van der Waals surface area contributed by atoms with Gasteiger partial charge in [-0.05, 0) is 19.3 Å². The van der Waals surface area contributed by atoms with Crippen LogP contribution in [0.15, 0.2) is 6.33 Å². The first kappa shape index (κ1) is 11.2. The summed E-state index contributed by atoms with van der Waals surface area (Å²) >= 11 is 0. The number of hydrogen-bond donors (Lipinski definition) is 1. The molecule has 4 heteroatoms. The molecule has 4 nitrogen and oxygen atoms in total. The molecule has 1 unspecified atom stereocenters. The summed E-state index contributed by atoms with van der Waals surface area (Å²) in [5.41, 5.74) is 0. The fourth-order valence-electron chi connectivity index (χ4n) is 1.52. The number of rotatable bonds is 6. The van der Waals surface area contributed by atoms with E-state index < -0.39 is 0 Å². The van der Waals surface area contributed by atoms with Gasteiger partial charge in [0.2, 0.25) is 0 Å². The molecule has 0 aliphatic rings. The van der Waals surface area contributed by atoms with E-state index in [0.29, 0.717) is 0 Å². The van der Waals surface area contributed by atoms with Gasteiger partial charge in [0.15, 0.2) is 0 Å². The van der Waals surface area contributed by atoms with Crippen LogP contribution in [0.1, 0.15) is 38.4 Å². The lowest BCUT2D eigenvalue weighted by molar-refractivity contribution is 0.151. The van der Waals surface area contributed by atoms with E-state index in [1.165, 1.54) is 0 Å². The van der Waals surface area contributed by atoms with Gasteiger partial charge in [-0.3, -0.25) is 4.68 Å². The van der Waals surface area contributed by atoms with E-state index in [-0.39, 0.29) is 6.10 Å². The van der Waals surface area contributed by atoms with Crippen molar-refractivity contribution in [2.24, 2.45) is 7.05 Å². The van der Waals surface area contributed by atoms with Crippen LogP contribution in [0.25, 0.3) is 0 Å². The number of aliphatic hydroxyl groups is 1. The molecule has 1 aromatic heterocycles. The van der Waals surface area contributed by atoms with E-state index in [2.05, 4.69) is 17.0 Å². The van der Waals surface area contributed by atoms with Gasteiger partial charge in [0, 0.05) is 13.5 Å². The molecule has 1 aromatic rings. The van der Waals surface area contributed by atoms with Crippen LogP contribution in [0.3, 0.4) is 0 Å². The maximum Gasteiger partial charge on any atom is 0.138 e. The van der Waals surface area contributed by atoms with Crippen LogP contribution in [0.5, 0.6) is 0 Å². The van der Waals surface area contributed by atoms with Crippen LogP contribution >= 0.6 is 0 Å². The lowest BCUT2D eigenvalue weighted by atomic mass is 10.1. The van der Waals surface area contributed by atoms with Gasteiger partial charge < -0.3 is 5.11 Å². The number of aromatic nitrogens is 3. The third kappa shape index (κ3) is 3.46. The van der Waals surface area contributed by atoms with Crippen LogP contribution in [0.4, 0.5) is 0 Å². The van der Waals surface area contributed by atoms with Crippen molar-refractivity contribution in [2.75, 3.05) is 0 Å². The van der Waals surface area contributed by atoms with Gasteiger partial charge in [-0.1, -0.05) is 13.3 Å². The fraction of sp³-hybridized carbons (Fsp3) is 0.800. The first-order valence-corrected chi connectivity index (χ1v) is 5.25. The van der Waals surface area contributed by atoms with Crippen molar-refractivity contribution in [3.8, 4) is 0 Å². The molecule has 0 aliphatic heterocycles. The van der Waals surface area contributed by atoms with Gasteiger partial charge in [-0.25, -0.2) is 4.98 Å². The highest BCUT2D eigenvalue weighted by Gasteiger charge is 2.04. The first-order chi connectivity index (χ1) is 6.74. The highest BCUT2D eigenvalue weighted by atomic mass is 16.3. The average Bonchev–Trinajstić information content (AvgIpc) is 2.52. The Balaban J connectivity index is 2.19. The number of aryl methyl sites for hydroxylation is 2. The van der Waals surface area contributed by atoms with E-state index in [9.17, 15) is 5.11 Å². The molecule has 1 heterocycles. The van der Waals surface area contributed by atoms with E-state index in [1.807, 2.05) is 7.05 Å². The largest absolute Gasteiger partial charge is 0.393 e. The Kier molecular flexibility index (Phi) is 4.59. The molecule has 14 heavy (non-hydrogen) atoms. The molecule has 0 aliphatic carbocycles. The highest BCUT2D eigenvalue weighted by Crippen LogP contribution is 2.07. The third-order valence-electron chi connectivity index (χ3n) is 2.36. The first-order valence-electron chi connectivity index (χ1n) is 5.25. The molecule has 1 N–H and O–H groups in total. The van der Waals surface area contributed by atoms with E-state index in [4.69, 9.17) is 0 Å². The normalized spacial score (nSPS) is 13.1. The minimum atomic E-state index is -0.145. The monoisotopic (exact) mass is 197 g/mol.